The monoisotopic (exact) mass is 353 g/mol. The van der Waals surface area contributed by atoms with Crippen molar-refractivity contribution in [2.75, 3.05) is 0 Å². The van der Waals surface area contributed by atoms with Gasteiger partial charge in [-0.15, -0.1) is 0 Å². The average molecular weight is 353 g/mol. The lowest BCUT2D eigenvalue weighted by Crippen LogP contribution is -2.55. The van der Waals surface area contributed by atoms with Crippen molar-refractivity contribution < 1.29 is 9.53 Å². The second kappa shape index (κ2) is 7.23. The molecule has 138 valence electrons. The van der Waals surface area contributed by atoms with Crippen molar-refractivity contribution in [3.63, 3.8) is 0 Å². The van der Waals surface area contributed by atoms with Gasteiger partial charge in [-0.3, -0.25) is 9.78 Å². The molecule has 3 N–H and O–H groups in total. The minimum atomic E-state index is -0.632. The van der Waals surface area contributed by atoms with Crippen LogP contribution in [0.25, 0.3) is 10.9 Å². The lowest BCUT2D eigenvalue weighted by atomic mass is 9.91. The van der Waals surface area contributed by atoms with E-state index < -0.39 is 5.54 Å². The van der Waals surface area contributed by atoms with Gasteiger partial charge in [-0.2, -0.15) is 0 Å². The smallest absolute Gasteiger partial charge is 0.240 e. The van der Waals surface area contributed by atoms with Crippen molar-refractivity contribution in [2.24, 2.45) is 5.73 Å². The van der Waals surface area contributed by atoms with Crippen LogP contribution in [0, 0.1) is 0 Å². The zero-order valence-electron chi connectivity index (χ0n) is 15.1. The molecule has 5 nitrogen and oxygen atoms in total. The van der Waals surface area contributed by atoms with Crippen LogP contribution >= 0.6 is 0 Å². The highest BCUT2D eigenvalue weighted by Gasteiger charge is 2.38. The van der Waals surface area contributed by atoms with Crippen LogP contribution in [0.3, 0.4) is 0 Å². The van der Waals surface area contributed by atoms with Crippen molar-refractivity contribution in [1.29, 1.82) is 0 Å². The number of carbonyl (C=O) groups excluding carboxylic acids is 1. The highest BCUT2D eigenvalue weighted by Crippen LogP contribution is 2.29. The summed E-state index contributed by atoms with van der Waals surface area (Å²) in [6, 6.07) is 10.3. The Balaban J connectivity index is 1.29. The van der Waals surface area contributed by atoms with E-state index in [4.69, 9.17) is 10.5 Å². The number of hydrogen-bond acceptors (Lipinski definition) is 4. The number of hydrogen-bond donors (Lipinski definition) is 2. The van der Waals surface area contributed by atoms with Crippen molar-refractivity contribution in [3.05, 3.63) is 36.5 Å². The molecule has 0 unspecified atom stereocenters. The fraction of sp³-hybridized carbons (Fsp3) is 0.524. The molecule has 2 fully saturated rings. The van der Waals surface area contributed by atoms with Gasteiger partial charge in [0.1, 0.15) is 5.75 Å². The summed E-state index contributed by atoms with van der Waals surface area (Å²) < 4.78 is 6.17. The van der Waals surface area contributed by atoms with E-state index in [1.54, 1.807) is 6.20 Å². The maximum Gasteiger partial charge on any atom is 0.240 e. The van der Waals surface area contributed by atoms with Gasteiger partial charge in [0.2, 0.25) is 5.91 Å². The molecule has 2 saturated carbocycles. The molecule has 1 aromatic heterocycles. The van der Waals surface area contributed by atoms with Gasteiger partial charge in [0.15, 0.2) is 0 Å². The number of fused-ring (bicyclic) bond motifs is 1. The molecule has 2 aromatic rings. The number of aromatic nitrogens is 1. The van der Waals surface area contributed by atoms with E-state index in [-0.39, 0.29) is 18.1 Å². The normalized spacial score (nSPS) is 25.1. The minimum Gasteiger partial charge on any atom is -0.490 e. The molecule has 0 aliphatic heterocycles. The second-order valence-corrected chi connectivity index (χ2v) is 7.79. The number of benzene rings is 1. The zero-order valence-corrected chi connectivity index (χ0v) is 15.1. The van der Waals surface area contributed by atoms with Crippen molar-refractivity contribution in [1.82, 2.24) is 10.3 Å². The van der Waals surface area contributed by atoms with Crippen molar-refractivity contribution in [2.45, 2.75) is 69.1 Å². The van der Waals surface area contributed by atoms with Gasteiger partial charge in [-0.25, -0.2) is 0 Å². The van der Waals surface area contributed by atoms with Crippen LogP contribution in [0.2, 0.25) is 0 Å². The largest absolute Gasteiger partial charge is 0.490 e. The van der Waals surface area contributed by atoms with Gasteiger partial charge in [0, 0.05) is 17.6 Å². The molecule has 0 bridgehead atoms. The van der Waals surface area contributed by atoms with Gasteiger partial charge in [0.25, 0.3) is 0 Å². The third-order valence-electron chi connectivity index (χ3n) is 5.83. The first-order valence-electron chi connectivity index (χ1n) is 9.74. The Bertz CT molecular complexity index is 778. The summed E-state index contributed by atoms with van der Waals surface area (Å²) in [5.41, 5.74) is 6.60. The number of pyridine rings is 1. The Morgan fingerprint density at radius 1 is 1.15 bits per heavy atom. The van der Waals surface area contributed by atoms with Gasteiger partial charge >= 0.3 is 0 Å². The molecule has 0 radical (unpaired) electrons. The summed E-state index contributed by atoms with van der Waals surface area (Å²) >= 11 is 0. The lowest BCUT2D eigenvalue weighted by Gasteiger charge is -2.32. The van der Waals surface area contributed by atoms with Gasteiger partial charge < -0.3 is 15.8 Å². The Morgan fingerprint density at radius 2 is 1.92 bits per heavy atom. The third-order valence-corrected chi connectivity index (χ3v) is 5.83. The summed E-state index contributed by atoms with van der Waals surface area (Å²) in [6.07, 6.45) is 9.55. The SMILES string of the molecule is NC1(C(=O)NC2CCC(Oc3ccc4ncccc4c3)CC2)CCCC1. The molecule has 1 aromatic carbocycles. The first kappa shape index (κ1) is 17.3. The predicted molar refractivity (Wildman–Crippen MR) is 102 cm³/mol. The fourth-order valence-corrected chi connectivity index (χ4v) is 4.21. The van der Waals surface area contributed by atoms with Crippen LogP contribution in [0.5, 0.6) is 5.75 Å². The maximum atomic E-state index is 12.5. The molecular formula is C21H27N3O2. The number of nitrogens with two attached hydrogens (primary N) is 1. The standard InChI is InChI=1S/C21H27N3O2/c22-21(11-1-2-12-21)20(25)24-16-5-7-17(8-6-16)26-18-9-10-19-15(14-18)4-3-13-23-19/h3-4,9-10,13-14,16-17H,1-2,5-8,11-12,22H2,(H,24,25). The van der Waals surface area contributed by atoms with E-state index in [0.29, 0.717) is 0 Å². The van der Waals surface area contributed by atoms with E-state index in [9.17, 15) is 4.79 Å². The third kappa shape index (κ3) is 3.68. The lowest BCUT2D eigenvalue weighted by molar-refractivity contribution is -0.127. The van der Waals surface area contributed by atoms with E-state index >= 15 is 0 Å². The van der Waals surface area contributed by atoms with E-state index in [2.05, 4.69) is 16.4 Å². The summed E-state index contributed by atoms with van der Waals surface area (Å²) in [5, 5.41) is 4.28. The Morgan fingerprint density at radius 3 is 2.69 bits per heavy atom. The number of nitrogens with one attached hydrogen (secondary N) is 1. The number of ether oxygens (including phenoxy) is 1. The van der Waals surface area contributed by atoms with Gasteiger partial charge in [-0.05, 0) is 62.8 Å². The number of nitrogens with zero attached hydrogens (tertiary/aromatic N) is 1. The molecule has 2 aliphatic carbocycles. The molecule has 26 heavy (non-hydrogen) atoms. The number of amides is 1. The van der Waals surface area contributed by atoms with E-state index in [1.165, 1.54) is 0 Å². The molecule has 4 rings (SSSR count). The summed E-state index contributed by atoms with van der Waals surface area (Å²) in [4.78, 5) is 16.8. The van der Waals surface area contributed by atoms with Crippen LogP contribution < -0.4 is 15.8 Å². The van der Waals surface area contributed by atoms with Crippen LogP contribution in [0.4, 0.5) is 0 Å². The Labute approximate surface area is 154 Å². The second-order valence-electron chi connectivity index (χ2n) is 7.79. The Hall–Kier alpha value is -2.14. The summed E-state index contributed by atoms with van der Waals surface area (Å²) in [6.45, 7) is 0. The van der Waals surface area contributed by atoms with Crippen LogP contribution in [-0.2, 0) is 4.79 Å². The van der Waals surface area contributed by atoms with Gasteiger partial charge in [0.05, 0.1) is 17.2 Å². The maximum absolute atomic E-state index is 12.5. The average Bonchev–Trinajstić information content (AvgIpc) is 3.11. The highest BCUT2D eigenvalue weighted by atomic mass is 16.5. The zero-order chi connectivity index (χ0) is 18.0. The topological polar surface area (TPSA) is 77.2 Å². The first-order chi connectivity index (χ1) is 12.6. The quantitative estimate of drug-likeness (QED) is 0.884. The molecule has 0 saturated heterocycles. The summed E-state index contributed by atoms with van der Waals surface area (Å²) in [5.74, 6) is 0.936. The number of carbonyl (C=O) groups is 1. The molecule has 1 amide bonds. The Kier molecular flexibility index (Phi) is 4.81. The van der Waals surface area contributed by atoms with E-state index in [0.717, 1.165) is 68.0 Å². The molecular weight excluding hydrogens is 326 g/mol. The van der Waals surface area contributed by atoms with Crippen molar-refractivity contribution >= 4 is 16.8 Å². The molecule has 1 heterocycles. The predicted octanol–water partition coefficient (Wildman–Crippen LogP) is 3.31. The van der Waals surface area contributed by atoms with Gasteiger partial charge in [-0.1, -0.05) is 18.9 Å². The molecule has 2 aliphatic rings. The van der Waals surface area contributed by atoms with Crippen LogP contribution in [-0.4, -0.2) is 28.6 Å². The fourth-order valence-electron chi connectivity index (χ4n) is 4.21. The minimum absolute atomic E-state index is 0.0430. The number of rotatable bonds is 4. The van der Waals surface area contributed by atoms with Crippen LogP contribution in [0.1, 0.15) is 51.4 Å². The van der Waals surface area contributed by atoms with E-state index in [1.807, 2.05) is 24.3 Å². The molecule has 0 spiro atoms. The molecule has 0 atom stereocenters. The van der Waals surface area contributed by atoms with Crippen LogP contribution in [0.15, 0.2) is 36.5 Å². The molecule has 5 heteroatoms. The summed E-state index contributed by atoms with van der Waals surface area (Å²) in [7, 11) is 0. The van der Waals surface area contributed by atoms with Crippen molar-refractivity contribution in [3.8, 4) is 5.75 Å². The first-order valence-corrected chi connectivity index (χ1v) is 9.74. The highest BCUT2D eigenvalue weighted by molar-refractivity contribution is 5.86.